The lowest BCUT2D eigenvalue weighted by atomic mass is 9.91. The Morgan fingerprint density at radius 1 is 1.23 bits per heavy atom. The molecule has 1 saturated heterocycles. The van der Waals surface area contributed by atoms with Crippen molar-refractivity contribution in [3.8, 4) is 11.6 Å². The number of ether oxygens (including phenoxy) is 2. The lowest BCUT2D eigenvalue weighted by Crippen LogP contribution is -2.22. The van der Waals surface area contributed by atoms with Crippen LogP contribution in [0.1, 0.15) is 45.9 Å². The Morgan fingerprint density at radius 2 is 2.09 bits per heavy atom. The fourth-order valence-electron chi connectivity index (χ4n) is 3.89. The molecule has 0 aliphatic carbocycles. The second-order valence-corrected chi connectivity index (χ2v) is 10.5. The Balaban J connectivity index is 1.36. The number of pyridine rings is 2. The Kier molecular flexibility index (Phi) is 6.12. The molecule has 4 aromatic heterocycles. The van der Waals surface area contributed by atoms with Crippen LogP contribution in [0.2, 0.25) is 0 Å². The van der Waals surface area contributed by atoms with Crippen molar-refractivity contribution in [2.45, 2.75) is 45.6 Å². The number of anilines is 3. The second-order valence-electron chi connectivity index (χ2n) is 9.42. The zero-order valence-corrected chi connectivity index (χ0v) is 20.8. The summed E-state index contributed by atoms with van der Waals surface area (Å²) < 4.78 is 14.5. The molecule has 0 spiro atoms. The highest BCUT2D eigenvalue weighted by Gasteiger charge is 2.28. The molecule has 2 N–H and O–H groups in total. The number of carbonyl (C=O) groups is 1. The number of aromatic nitrogens is 5. The standard InChI is InChI=1S/C24H27N7O3S/c1-14(32)27-20-9-16(5-7-25-20)34-22-10-18-17(12-26-22)28-23(35-18)29-21-11-19(24(2,3)4)31(30-21)15-6-8-33-13-15/h5,7,9-12,15H,6,8,13H2,1-4H3,(H,25,27,32)(H,28,29,30). The number of amides is 1. The predicted molar refractivity (Wildman–Crippen MR) is 135 cm³/mol. The summed E-state index contributed by atoms with van der Waals surface area (Å²) in [5.74, 6) is 1.92. The van der Waals surface area contributed by atoms with Gasteiger partial charge in [0, 0.05) is 49.0 Å². The molecule has 5 heterocycles. The third-order valence-corrected chi connectivity index (χ3v) is 6.43. The molecule has 4 aromatic rings. The minimum absolute atomic E-state index is 0.0496. The molecule has 1 atom stereocenters. The van der Waals surface area contributed by atoms with Crippen LogP contribution in [0.15, 0.2) is 36.7 Å². The molecule has 35 heavy (non-hydrogen) atoms. The van der Waals surface area contributed by atoms with Crippen molar-refractivity contribution in [1.29, 1.82) is 0 Å². The first kappa shape index (κ1) is 23.2. The zero-order chi connectivity index (χ0) is 24.6. The maximum Gasteiger partial charge on any atom is 0.222 e. The number of hydrogen-bond acceptors (Lipinski definition) is 9. The average molecular weight is 494 g/mol. The van der Waals surface area contributed by atoms with Crippen LogP contribution >= 0.6 is 11.3 Å². The molecule has 0 aromatic carbocycles. The third-order valence-electron chi connectivity index (χ3n) is 5.50. The zero-order valence-electron chi connectivity index (χ0n) is 20.0. The largest absolute Gasteiger partial charge is 0.439 e. The van der Waals surface area contributed by atoms with Crippen LogP contribution in [0.4, 0.5) is 16.8 Å². The maximum absolute atomic E-state index is 11.3. The van der Waals surface area contributed by atoms with Crippen molar-refractivity contribution in [1.82, 2.24) is 24.7 Å². The van der Waals surface area contributed by atoms with E-state index < -0.39 is 0 Å². The van der Waals surface area contributed by atoms with E-state index in [0.29, 0.717) is 24.1 Å². The highest BCUT2D eigenvalue weighted by atomic mass is 32.1. The van der Waals surface area contributed by atoms with E-state index in [9.17, 15) is 4.79 Å². The normalized spacial score (nSPS) is 15.9. The van der Waals surface area contributed by atoms with E-state index in [-0.39, 0.29) is 17.4 Å². The number of nitrogens with one attached hydrogen (secondary N) is 2. The SMILES string of the molecule is CC(=O)Nc1cc(Oc2cc3sc(Nc4cc(C(C)(C)C)n(C5CCOC5)n4)nc3cn2)ccn1. The van der Waals surface area contributed by atoms with Crippen molar-refractivity contribution >= 4 is 44.2 Å². The molecule has 1 fully saturated rings. The van der Waals surface area contributed by atoms with Crippen LogP contribution in [0.5, 0.6) is 11.6 Å². The number of carbonyl (C=O) groups excluding carboxylic acids is 1. The van der Waals surface area contributed by atoms with E-state index in [1.165, 1.54) is 18.3 Å². The molecule has 0 radical (unpaired) electrons. The monoisotopic (exact) mass is 493 g/mol. The molecule has 0 saturated carbocycles. The smallest absolute Gasteiger partial charge is 0.222 e. The number of rotatable bonds is 6. The van der Waals surface area contributed by atoms with Gasteiger partial charge in [-0.25, -0.2) is 15.0 Å². The molecule has 5 rings (SSSR count). The van der Waals surface area contributed by atoms with Crippen molar-refractivity contribution < 1.29 is 14.3 Å². The van der Waals surface area contributed by atoms with E-state index in [1.807, 2.05) is 6.07 Å². The van der Waals surface area contributed by atoms with Gasteiger partial charge in [0.15, 0.2) is 10.9 Å². The number of thiazole rings is 1. The quantitative estimate of drug-likeness (QED) is 0.384. The highest BCUT2D eigenvalue weighted by Crippen LogP contribution is 2.34. The van der Waals surface area contributed by atoms with Gasteiger partial charge in [-0.3, -0.25) is 9.48 Å². The summed E-state index contributed by atoms with van der Waals surface area (Å²) in [6.07, 6.45) is 4.21. The van der Waals surface area contributed by atoms with Gasteiger partial charge in [0.25, 0.3) is 0 Å². The van der Waals surface area contributed by atoms with Crippen LogP contribution < -0.4 is 15.4 Å². The summed E-state index contributed by atoms with van der Waals surface area (Å²) >= 11 is 1.50. The van der Waals surface area contributed by atoms with Gasteiger partial charge in [0.05, 0.1) is 23.5 Å². The van der Waals surface area contributed by atoms with Crippen LogP contribution in [0.25, 0.3) is 10.2 Å². The molecule has 1 amide bonds. The average Bonchev–Trinajstić information content (AvgIpc) is 3.52. The van der Waals surface area contributed by atoms with Crippen molar-refractivity contribution in [2.24, 2.45) is 0 Å². The summed E-state index contributed by atoms with van der Waals surface area (Å²) in [7, 11) is 0. The number of hydrogen-bond donors (Lipinski definition) is 2. The Hall–Kier alpha value is -3.57. The second kappa shape index (κ2) is 9.23. The summed E-state index contributed by atoms with van der Waals surface area (Å²) in [6, 6.07) is 7.53. The minimum Gasteiger partial charge on any atom is -0.439 e. The lowest BCUT2D eigenvalue weighted by molar-refractivity contribution is -0.114. The minimum atomic E-state index is -0.199. The van der Waals surface area contributed by atoms with Crippen molar-refractivity contribution in [3.05, 3.63) is 42.4 Å². The van der Waals surface area contributed by atoms with Gasteiger partial charge < -0.3 is 20.1 Å². The lowest BCUT2D eigenvalue weighted by Gasteiger charge is -2.22. The molecule has 0 bridgehead atoms. The summed E-state index contributed by atoms with van der Waals surface area (Å²) in [4.78, 5) is 24.4. The highest BCUT2D eigenvalue weighted by molar-refractivity contribution is 7.22. The number of nitrogens with zero attached hydrogens (tertiary/aromatic N) is 5. The maximum atomic E-state index is 11.3. The molecular formula is C24H27N7O3S. The molecule has 10 nitrogen and oxygen atoms in total. The van der Waals surface area contributed by atoms with Gasteiger partial charge in [0.1, 0.15) is 17.1 Å². The van der Waals surface area contributed by atoms with Crippen molar-refractivity contribution in [2.75, 3.05) is 23.8 Å². The molecular weight excluding hydrogens is 466 g/mol. The van der Waals surface area contributed by atoms with Gasteiger partial charge in [-0.05, 0) is 12.5 Å². The van der Waals surface area contributed by atoms with E-state index in [4.69, 9.17) is 14.6 Å². The topological polar surface area (TPSA) is 116 Å². The first-order chi connectivity index (χ1) is 16.7. The molecule has 1 unspecified atom stereocenters. The van der Waals surface area contributed by atoms with E-state index in [0.717, 1.165) is 39.9 Å². The van der Waals surface area contributed by atoms with Crippen LogP contribution in [0.3, 0.4) is 0 Å². The Labute approximate surface area is 206 Å². The Morgan fingerprint density at radius 3 is 2.83 bits per heavy atom. The molecule has 11 heteroatoms. The first-order valence-corrected chi connectivity index (χ1v) is 12.2. The van der Waals surface area contributed by atoms with E-state index in [2.05, 4.69) is 57.1 Å². The third kappa shape index (κ3) is 5.25. The van der Waals surface area contributed by atoms with Gasteiger partial charge in [-0.2, -0.15) is 5.10 Å². The fourth-order valence-corrected chi connectivity index (χ4v) is 4.76. The summed E-state index contributed by atoms with van der Waals surface area (Å²) in [6.45, 7) is 9.44. The van der Waals surface area contributed by atoms with Gasteiger partial charge in [-0.1, -0.05) is 32.1 Å². The number of fused-ring (bicyclic) bond motifs is 1. The first-order valence-electron chi connectivity index (χ1n) is 11.4. The van der Waals surface area contributed by atoms with Gasteiger partial charge >= 0.3 is 0 Å². The van der Waals surface area contributed by atoms with Crippen LogP contribution in [-0.2, 0) is 14.9 Å². The van der Waals surface area contributed by atoms with Crippen molar-refractivity contribution in [3.63, 3.8) is 0 Å². The molecule has 182 valence electrons. The van der Waals surface area contributed by atoms with Crippen LogP contribution in [0, 0.1) is 0 Å². The van der Waals surface area contributed by atoms with E-state index in [1.54, 1.807) is 24.5 Å². The predicted octanol–water partition coefficient (Wildman–Crippen LogP) is 5.04. The summed E-state index contributed by atoms with van der Waals surface area (Å²) in [5, 5.41) is 11.6. The summed E-state index contributed by atoms with van der Waals surface area (Å²) in [5.41, 5.74) is 1.87. The molecule has 1 aliphatic heterocycles. The van der Waals surface area contributed by atoms with Crippen LogP contribution in [-0.4, -0.2) is 43.9 Å². The molecule has 1 aliphatic rings. The van der Waals surface area contributed by atoms with Gasteiger partial charge in [-0.15, -0.1) is 0 Å². The fraction of sp³-hybridized carbons (Fsp3) is 0.375. The Bertz CT molecular complexity index is 1370. The van der Waals surface area contributed by atoms with E-state index >= 15 is 0 Å². The van der Waals surface area contributed by atoms with Gasteiger partial charge in [0.2, 0.25) is 11.8 Å².